The van der Waals surface area contributed by atoms with Crippen molar-refractivity contribution in [3.63, 3.8) is 0 Å². The fourth-order valence-corrected chi connectivity index (χ4v) is 4.56. The number of carbonyl (C=O) groups is 1. The number of aliphatic imine (C=N–C) groups is 1. The van der Waals surface area contributed by atoms with Gasteiger partial charge in [-0.25, -0.2) is 0 Å². The van der Waals surface area contributed by atoms with Crippen LogP contribution in [0, 0.1) is 0 Å². The van der Waals surface area contributed by atoms with E-state index in [4.69, 9.17) is 4.99 Å². The van der Waals surface area contributed by atoms with Crippen molar-refractivity contribution in [2.75, 3.05) is 26.7 Å². The van der Waals surface area contributed by atoms with E-state index in [-0.39, 0.29) is 17.5 Å². The number of rotatable bonds is 7. The topological polar surface area (TPSA) is 68.8 Å². The average Bonchev–Trinajstić information content (AvgIpc) is 3.18. The molecule has 0 radical (unpaired) electrons. The predicted octanol–water partition coefficient (Wildman–Crippen LogP) is 2.83. The molecule has 0 spiro atoms. The lowest BCUT2D eigenvalue weighted by molar-refractivity contribution is -0.132. The summed E-state index contributed by atoms with van der Waals surface area (Å²) in [4.78, 5) is 18.5. The average molecular weight is 400 g/mol. The van der Waals surface area contributed by atoms with Crippen LogP contribution in [0.15, 0.2) is 35.3 Å². The molecule has 2 atom stereocenters. The van der Waals surface area contributed by atoms with Crippen LogP contribution in [-0.4, -0.2) is 55.0 Å². The quantitative estimate of drug-likeness (QED) is 0.487. The number of likely N-dealkylation sites (N-methyl/N-ethyl adjacent to an activating group) is 1. The zero-order valence-electron chi connectivity index (χ0n) is 18.2. The fraction of sp³-hybridized carbons (Fsp3) is 0.652. The highest BCUT2D eigenvalue weighted by Gasteiger charge is 2.35. The lowest BCUT2D eigenvalue weighted by atomic mass is 9.95. The smallest absolute Gasteiger partial charge is 0.222 e. The van der Waals surface area contributed by atoms with Gasteiger partial charge in [-0.05, 0) is 38.7 Å². The van der Waals surface area contributed by atoms with Crippen LogP contribution in [0.1, 0.15) is 64.0 Å². The van der Waals surface area contributed by atoms with Gasteiger partial charge in [0.05, 0.1) is 6.54 Å². The van der Waals surface area contributed by atoms with Gasteiger partial charge < -0.3 is 20.9 Å². The number of carbonyl (C=O) groups excluding carboxylic acids is 1. The van der Waals surface area contributed by atoms with E-state index < -0.39 is 0 Å². The molecule has 0 aromatic heterocycles. The summed E-state index contributed by atoms with van der Waals surface area (Å²) in [6, 6.07) is 11.2. The first-order chi connectivity index (χ1) is 14.0. The molecule has 3 rings (SSSR count). The van der Waals surface area contributed by atoms with Crippen molar-refractivity contribution >= 4 is 11.9 Å². The first kappa shape index (κ1) is 21.6. The number of nitrogens with zero attached hydrogens (tertiary/aromatic N) is 2. The Morgan fingerprint density at radius 3 is 2.66 bits per heavy atom. The normalized spacial score (nSPS) is 23.1. The van der Waals surface area contributed by atoms with Crippen LogP contribution in [0.2, 0.25) is 0 Å². The monoisotopic (exact) mass is 399 g/mol. The van der Waals surface area contributed by atoms with Crippen LogP contribution in [0.5, 0.6) is 0 Å². The second kappa shape index (κ2) is 10.1. The Bertz CT molecular complexity index is 684. The number of piperidine rings is 1. The maximum atomic E-state index is 11.8. The number of nitrogens with one attached hydrogen (secondary N) is 3. The van der Waals surface area contributed by atoms with E-state index in [1.807, 2.05) is 11.9 Å². The summed E-state index contributed by atoms with van der Waals surface area (Å²) in [5.41, 5.74) is 1.37. The second-order valence-electron chi connectivity index (χ2n) is 8.61. The van der Waals surface area contributed by atoms with Crippen LogP contribution in [-0.2, 0) is 4.79 Å². The Hall–Kier alpha value is -2.08. The minimum atomic E-state index is 0.0525. The Morgan fingerprint density at radius 1 is 1.28 bits per heavy atom. The van der Waals surface area contributed by atoms with Gasteiger partial charge in [-0.15, -0.1) is 0 Å². The SMILES string of the molecule is CCNC(=NCC1(NC(C)c2ccccc2)CCCC1)NC1CCC(=O)N(C)C1. The maximum Gasteiger partial charge on any atom is 0.222 e. The van der Waals surface area contributed by atoms with E-state index in [9.17, 15) is 4.79 Å². The third-order valence-electron chi connectivity index (χ3n) is 6.23. The molecular formula is C23H37N5O. The van der Waals surface area contributed by atoms with Crippen molar-refractivity contribution in [3.05, 3.63) is 35.9 Å². The number of guanidine groups is 1. The molecule has 6 nitrogen and oxygen atoms in total. The summed E-state index contributed by atoms with van der Waals surface area (Å²) in [6.07, 6.45) is 6.30. The number of amides is 1. The fourth-order valence-electron chi connectivity index (χ4n) is 4.56. The van der Waals surface area contributed by atoms with Crippen LogP contribution < -0.4 is 16.0 Å². The van der Waals surface area contributed by atoms with Crippen molar-refractivity contribution in [3.8, 4) is 0 Å². The third-order valence-corrected chi connectivity index (χ3v) is 6.23. The van der Waals surface area contributed by atoms with E-state index in [0.29, 0.717) is 12.5 Å². The van der Waals surface area contributed by atoms with Crippen molar-refractivity contribution in [1.82, 2.24) is 20.9 Å². The molecule has 1 saturated carbocycles. The lowest BCUT2D eigenvalue weighted by Gasteiger charge is -2.34. The Morgan fingerprint density at radius 2 is 2.00 bits per heavy atom. The largest absolute Gasteiger partial charge is 0.357 e. The van der Waals surface area contributed by atoms with E-state index in [2.05, 4.69) is 60.1 Å². The lowest BCUT2D eigenvalue weighted by Crippen LogP contribution is -2.52. The van der Waals surface area contributed by atoms with Crippen LogP contribution in [0.3, 0.4) is 0 Å². The van der Waals surface area contributed by atoms with Crippen molar-refractivity contribution in [2.45, 2.75) is 70.0 Å². The van der Waals surface area contributed by atoms with Gasteiger partial charge in [-0.3, -0.25) is 9.79 Å². The summed E-state index contributed by atoms with van der Waals surface area (Å²) in [5, 5.41) is 10.8. The Kier molecular flexibility index (Phi) is 7.53. The predicted molar refractivity (Wildman–Crippen MR) is 119 cm³/mol. The molecule has 1 heterocycles. The molecule has 1 aliphatic carbocycles. The summed E-state index contributed by atoms with van der Waals surface area (Å²) in [5.74, 6) is 1.09. The van der Waals surface area contributed by atoms with Crippen LogP contribution >= 0.6 is 0 Å². The molecule has 1 amide bonds. The van der Waals surface area contributed by atoms with Crippen LogP contribution in [0.25, 0.3) is 0 Å². The minimum Gasteiger partial charge on any atom is -0.357 e. The molecule has 2 unspecified atom stereocenters. The summed E-state index contributed by atoms with van der Waals surface area (Å²) >= 11 is 0. The van der Waals surface area contributed by atoms with Gasteiger partial charge in [0.25, 0.3) is 0 Å². The molecule has 1 aromatic carbocycles. The van der Waals surface area contributed by atoms with Gasteiger partial charge in [-0.1, -0.05) is 43.2 Å². The number of hydrogen-bond acceptors (Lipinski definition) is 3. The molecule has 160 valence electrons. The van der Waals surface area contributed by atoms with Gasteiger partial charge in [0.1, 0.15) is 0 Å². The van der Waals surface area contributed by atoms with Crippen molar-refractivity contribution < 1.29 is 4.79 Å². The van der Waals surface area contributed by atoms with Crippen LogP contribution in [0.4, 0.5) is 0 Å². The summed E-state index contributed by atoms with van der Waals surface area (Å²) in [7, 11) is 1.88. The highest BCUT2D eigenvalue weighted by Crippen LogP contribution is 2.32. The summed E-state index contributed by atoms with van der Waals surface area (Å²) in [6.45, 7) is 6.67. The minimum absolute atomic E-state index is 0.0525. The van der Waals surface area contributed by atoms with E-state index >= 15 is 0 Å². The summed E-state index contributed by atoms with van der Waals surface area (Å²) < 4.78 is 0. The molecular weight excluding hydrogens is 362 g/mol. The highest BCUT2D eigenvalue weighted by atomic mass is 16.2. The molecule has 2 aliphatic rings. The molecule has 1 aromatic rings. The van der Waals surface area contributed by atoms with Gasteiger partial charge in [-0.2, -0.15) is 0 Å². The first-order valence-electron chi connectivity index (χ1n) is 11.1. The molecule has 0 bridgehead atoms. The molecule has 1 saturated heterocycles. The molecule has 2 fully saturated rings. The van der Waals surface area contributed by atoms with Gasteiger partial charge in [0, 0.05) is 44.2 Å². The zero-order valence-corrected chi connectivity index (χ0v) is 18.2. The first-order valence-corrected chi connectivity index (χ1v) is 11.1. The van der Waals surface area contributed by atoms with E-state index in [1.54, 1.807) is 0 Å². The van der Waals surface area contributed by atoms with E-state index in [1.165, 1.54) is 18.4 Å². The maximum absolute atomic E-state index is 11.8. The number of hydrogen-bond donors (Lipinski definition) is 3. The Labute approximate surface area is 175 Å². The molecule has 6 heteroatoms. The van der Waals surface area contributed by atoms with Crippen molar-refractivity contribution in [2.24, 2.45) is 4.99 Å². The standard InChI is InChI=1S/C23H37N5O/c1-4-24-22(26-20-12-13-21(29)28(3)16-20)25-17-23(14-8-9-15-23)27-18(2)19-10-6-5-7-11-19/h5-7,10-11,18,20,27H,4,8-9,12-17H2,1-3H3,(H2,24,25,26). The third kappa shape index (κ3) is 5.95. The van der Waals surface area contributed by atoms with Gasteiger partial charge in [0.2, 0.25) is 5.91 Å². The second-order valence-corrected chi connectivity index (χ2v) is 8.61. The molecule has 1 aliphatic heterocycles. The van der Waals surface area contributed by atoms with E-state index in [0.717, 1.165) is 44.9 Å². The zero-order chi connectivity index (χ0) is 20.7. The number of likely N-dealkylation sites (tertiary alicyclic amines) is 1. The molecule has 29 heavy (non-hydrogen) atoms. The highest BCUT2D eigenvalue weighted by molar-refractivity contribution is 5.81. The number of benzene rings is 1. The van der Waals surface area contributed by atoms with Gasteiger partial charge >= 0.3 is 0 Å². The van der Waals surface area contributed by atoms with Gasteiger partial charge in [0.15, 0.2) is 5.96 Å². The Balaban J connectivity index is 1.65. The molecule has 3 N–H and O–H groups in total. The van der Waals surface area contributed by atoms with Crippen molar-refractivity contribution in [1.29, 1.82) is 0 Å².